The number of hydrogen-bond acceptors (Lipinski definition) is 2. The van der Waals surface area contributed by atoms with E-state index in [-0.39, 0.29) is 5.56 Å². The third-order valence-corrected chi connectivity index (χ3v) is 2.12. The summed E-state index contributed by atoms with van der Waals surface area (Å²) < 4.78 is 40.9. The van der Waals surface area contributed by atoms with Crippen LogP contribution < -0.4 is 4.74 Å². The Morgan fingerprint density at radius 1 is 1.24 bits per heavy atom. The molecule has 0 unspecified atom stereocenters. The predicted octanol–water partition coefficient (Wildman–Crippen LogP) is 3.61. The van der Waals surface area contributed by atoms with E-state index in [4.69, 9.17) is 4.74 Å². The van der Waals surface area contributed by atoms with Gasteiger partial charge in [0.15, 0.2) is 5.78 Å². The van der Waals surface area contributed by atoms with Gasteiger partial charge in [-0.1, -0.05) is 0 Å². The number of ketones is 1. The lowest BCUT2D eigenvalue weighted by Crippen LogP contribution is -2.10. The van der Waals surface area contributed by atoms with E-state index >= 15 is 0 Å². The number of carbonyl (C=O) groups excluding carboxylic acids is 1. The first kappa shape index (κ1) is 13.5. The average Bonchev–Trinajstić information content (AvgIpc) is 2.26. The number of benzene rings is 1. The number of hydrogen-bond donors (Lipinski definition) is 0. The van der Waals surface area contributed by atoms with Crippen LogP contribution in [0.1, 0.15) is 30.1 Å². The molecule has 0 N–H and O–H groups in total. The zero-order valence-electron chi connectivity index (χ0n) is 9.38. The van der Waals surface area contributed by atoms with Gasteiger partial charge in [0.05, 0.1) is 13.0 Å². The van der Waals surface area contributed by atoms with Crippen molar-refractivity contribution in [3.63, 3.8) is 0 Å². The Morgan fingerprint density at radius 3 is 2.29 bits per heavy atom. The summed E-state index contributed by atoms with van der Waals surface area (Å²) in [7, 11) is 0. The molecule has 0 aliphatic heterocycles. The van der Waals surface area contributed by atoms with Crippen LogP contribution in [0.4, 0.5) is 13.2 Å². The Labute approximate surface area is 97.4 Å². The molecule has 17 heavy (non-hydrogen) atoms. The molecular formula is C12H13F3O2. The van der Waals surface area contributed by atoms with E-state index < -0.39 is 24.8 Å². The molecule has 94 valence electrons. The lowest BCUT2D eigenvalue weighted by atomic mass is 10.1. The molecule has 0 aliphatic rings. The van der Waals surface area contributed by atoms with Crippen molar-refractivity contribution in [2.75, 3.05) is 6.61 Å². The van der Waals surface area contributed by atoms with Gasteiger partial charge in [-0.25, -0.2) is 0 Å². The van der Waals surface area contributed by atoms with Crippen LogP contribution in [-0.4, -0.2) is 18.6 Å². The molecule has 1 aromatic rings. The second-order valence-electron chi connectivity index (χ2n) is 3.50. The van der Waals surface area contributed by atoms with Gasteiger partial charge in [-0.2, -0.15) is 13.2 Å². The maximum absolute atomic E-state index is 11.9. The molecule has 0 amide bonds. The lowest BCUT2D eigenvalue weighted by molar-refractivity contribution is -0.133. The van der Waals surface area contributed by atoms with Crippen LogP contribution in [0.3, 0.4) is 0 Å². The smallest absolute Gasteiger partial charge is 0.389 e. The van der Waals surface area contributed by atoms with Crippen molar-refractivity contribution in [3.05, 3.63) is 29.8 Å². The van der Waals surface area contributed by atoms with Gasteiger partial charge < -0.3 is 4.74 Å². The first-order valence-electron chi connectivity index (χ1n) is 5.25. The molecule has 0 bridgehead atoms. The van der Waals surface area contributed by atoms with E-state index in [2.05, 4.69) is 0 Å². The van der Waals surface area contributed by atoms with Crippen LogP contribution in [0.2, 0.25) is 0 Å². The normalized spacial score (nSPS) is 11.3. The minimum atomic E-state index is -4.29. The summed E-state index contributed by atoms with van der Waals surface area (Å²) in [6, 6.07) is 6.10. The third-order valence-electron chi connectivity index (χ3n) is 2.12. The number of alkyl halides is 3. The second-order valence-corrected chi connectivity index (χ2v) is 3.50. The Kier molecular flexibility index (Phi) is 4.54. The Morgan fingerprint density at radius 2 is 1.82 bits per heavy atom. The molecule has 2 nitrogen and oxygen atoms in total. The van der Waals surface area contributed by atoms with Crippen molar-refractivity contribution in [2.45, 2.75) is 25.9 Å². The van der Waals surface area contributed by atoms with Gasteiger partial charge in [0.25, 0.3) is 0 Å². The van der Waals surface area contributed by atoms with Crippen molar-refractivity contribution in [1.82, 2.24) is 0 Å². The van der Waals surface area contributed by atoms with Crippen molar-refractivity contribution in [3.8, 4) is 5.75 Å². The fourth-order valence-electron chi connectivity index (χ4n) is 1.30. The molecule has 0 spiro atoms. The zero-order chi connectivity index (χ0) is 12.9. The number of ether oxygens (including phenoxy) is 1. The number of rotatable bonds is 5. The third kappa shape index (κ3) is 4.89. The summed E-state index contributed by atoms with van der Waals surface area (Å²) in [6.45, 7) is 2.32. The molecule has 0 fully saturated rings. The molecule has 0 radical (unpaired) electrons. The molecule has 5 heteroatoms. The van der Waals surface area contributed by atoms with Gasteiger partial charge in [0.1, 0.15) is 5.75 Å². The second kappa shape index (κ2) is 5.70. The highest BCUT2D eigenvalue weighted by molar-refractivity contribution is 5.96. The highest BCUT2D eigenvalue weighted by atomic mass is 19.4. The molecule has 0 aliphatic carbocycles. The van der Waals surface area contributed by atoms with E-state index in [0.29, 0.717) is 12.4 Å². The van der Waals surface area contributed by atoms with Gasteiger partial charge >= 0.3 is 6.18 Å². The highest BCUT2D eigenvalue weighted by Gasteiger charge is 2.28. The van der Waals surface area contributed by atoms with Crippen LogP contribution in [-0.2, 0) is 0 Å². The Balaban J connectivity index is 2.57. The summed E-state index contributed by atoms with van der Waals surface area (Å²) >= 11 is 0. The highest BCUT2D eigenvalue weighted by Crippen LogP contribution is 2.23. The predicted molar refractivity (Wildman–Crippen MR) is 57.2 cm³/mol. The maximum atomic E-state index is 11.9. The quantitative estimate of drug-likeness (QED) is 0.742. The summed E-state index contributed by atoms with van der Waals surface area (Å²) in [5.74, 6) is 0.0882. The topological polar surface area (TPSA) is 26.3 Å². The standard InChI is InChI=1S/C12H13F3O2/c1-2-17-10-5-3-9(4-6-10)11(16)7-8-12(13,14)15/h3-6H,2,7-8H2,1H3. The maximum Gasteiger partial charge on any atom is 0.389 e. The van der Waals surface area contributed by atoms with Crippen molar-refractivity contribution in [1.29, 1.82) is 0 Å². The van der Waals surface area contributed by atoms with E-state index in [9.17, 15) is 18.0 Å². The fraction of sp³-hybridized carbons (Fsp3) is 0.417. The Bertz CT molecular complexity index is 368. The summed E-state index contributed by atoms with van der Waals surface area (Å²) in [5, 5.41) is 0. The van der Waals surface area contributed by atoms with Gasteiger partial charge in [-0.15, -0.1) is 0 Å². The first-order valence-corrected chi connectivity index (χ1v) is 5.25. The molecule has 1 rings (SSSR count). The number of carbonyl (C=O) groups is 1. The van der Waals surface area contributed by atoms with Crippen molar-refractivity contribution >= 4 is 5.78 Å². The molecule has 0 aromatic heterocycles. The van der Waals surface area contributed by atoms with Crippen molar-refractivity contribution < 1.29 is 22.7 Å². The van der Waals surface area contributed by atoms with Crippen LogP contribution in [0.15, 0.2) is 24.3 Å². The monoisotopic (exact) mass is 246 g/mol. The van der Waals surface area contributed by atoms with Crippen LogP contribution in [0.25, 0.3) is 0 Å². The van der Waals surface area contributed by atoms with Gasteiger partial charge in [-0.05, 0) is 31.2 Å². The Hall–Kier alpha value is -1.52. The molecule has 1 aromatic carbocycles. The van der Waals surface area contributed by atoms with E-state index in [1.165, 1.54) is 12.1 Å². The minimum absolute atomic E-state index is 0.276. The molecular weight excluding hydrogens is 233 g/mol. The first-order chi connectivity index (χ1) is 7.92. The van der Waals surface area contributed by atoms with Crippen molar-refractivity contribution in [2.24, 2.45) is 0 Å². The summed E-state index contributed by atoms with van der Waals surface area (Å²) in [5.41, 5.74) is 0.276. The fourth-order valence-corrected chi connectivity index (χ4v) is 1.30. The summed E-state index contributed by atoms with van der Waals surface area (Å²) in [4.78, 5) is 11.4. The number of Topliss-reactive ketones (excluding diaryl/α,β-unsaturated/α-hetero) is 1. The lowest BCUT2D eigenvalue weighted by Gasteiger charge is -2.06. The van der Waals surface area contributed by atoms with Crippen LogP contribution in [0, 0.1) is 0 Å². The van der Waals surface area contributed by atoms with E-state index in [1.807, 2.05) is 6.92 Å². The largest absolute Gasteiger partial charge is 0.494 e. The number of halogens is 3. The SMILES string of the molecule is CCOc1ccc(C(=O)CCC(F)(F)F)cc1. The van der Waals surface area contributed by atoms with E-state index in [1.54, 1.807) is 12.1 Å². The van der Waals surface area contributed by atoms with Gasteiger partial charge in [0, 0.05) is 12.0 Å². The zero-order valence-corrected chi connectivity index (χ0v) is 9.38. The van der Waals surface area contributed by atoms with Gasteiger partial charge in [0.2, 0.25) is 0 Å². The molecule has 0 saturated carbocycles. The van der Waals surface area contributed by atoms with Crippen LogP contribution in [0.5, 0.6) is 5.75 Å². The molecule has 0 atom stereocenters. The van der Waals surface area contributed by atoms with Gasteiger partial charge in [-0.3, -0.25) is 4.79 Å². The summed E-state index contributed by atoms with van der Waals surface area (Å²) in [6.07, 6.45) is -5.89. The molecule has 0 heterocycles. The van der Waals surface area contributed by atoms with E-state index in [0.717, 1.165) is 0 Å². The molecule has 0 saturated heterocycles. The van der Waals surface area contributed by atoms with Crippen LogP contribution >= 0.6 is 0 Å². The average molecular weight is 246 g/mol. The minimum Gasteiger partial charge on any atom is -0.494 e.